The minimum Gasteiger partial charge on any atom is -0.339 e. The molecule has 0 atom stereocenters. The highest BCUT2D eigenvalue weighted by atomic mass is 35.5. The molecule has 0 radical (unpaired) electrons. The average molecular weight is 364 g/mol. The van der Waals surface area contributed by atoms with Gasteiger partial charge in [0.15, 0.2) is 0 Å². The molecule has 0 spiro atoms. The monoisotopic (exact) mass is 363 g/mol. The molecule has 0 aliphatic heterocycles. The second-order valence-corrected chi connectivity index (χ2v) is 5.95. The van der Waals surface area contributed by atoms with Crippen LogP contribution < -0.4 is 10.6 Å². The van der Waals surface area contributed by atoms with Crippen molar-refractivity contribution >= 4 is 34.7 Å². The van der Waals surface area contributed by atoms with Gasteiger partial charge >= 0.3 is 0 Å². The van der Waals surface area contributed by atoms with Gasteiger partial charge < -0.3 is 10.6 Å². The van der Waals surface area contributed by atoms with Gasteiger partial charge in [0.05, 0.1) is 24.0 Å². The summed E-state index contributed by atoms with van der Waals surface area (Å²) < 4.78 is 0. The highest BCUT2D eigenvalue weighted by Crippen LogP contribution is 2.23. The fraction of sp³-hybridized carbons (Fsp3) is 0.0526. The summed E-state index contributed by atoms with van der Waals surface area (Å²) in [6.45, 7) is 1.95. The summed E-state index contributed by atoms with van der Waals surface area (Å²) in [5.41, 5.74) is 2.98. The van der Waals surface area contributed by atoms with Crippen molar-refractivity contribution < 1.29 is 4.79 Å². The first-order valence-corrected chi connectivity index (χ1v) is 8.10. The maximum Gasteiger partial charge on any atom is 0.275 e. The number of aromatic nitrogens is 2. The van der Waals surface area contributed by atoms with Crippen molar-refractivity contribution in [3.05, 3.63) is 76.7 Å². The third kappa shape index (κ3) is 4.15. The fourth-order valence-corrected chi connectivity index (χ4v) is 2.41. The Morgan fingerprint density at radius 1 is 1.15 bits per heavy atom. The Kier molecular flexibility index (Phi) is 5.11. The molecule has 2 N–H and O–H groups in total. The number of benzene rings is 2. The zero-order chi connectivity index (χ0) is 18.5. The fourth-order valence-electron chi connectivity index (χ4n) is 2.24. The number of carbonyl (C=O) groups is 1. The molecule has 0 saturated carbocycles. The van der Waals surface area contributed by atoms with Crippen LogP contribution >= 0.6 is 11.6 Å². The molecule has 1 aromatic heterocycles. The molecule has 3 rings (SSSR count). The van der Waals surface area contributed by atoms with Crippen molar-refractivity contribution in [3.8, 4) is 6.07 Å². The highest BCUT2D eigenvalue weighted by molar-refractivity contribution is 6.30. The van der Waals surface area contributed by atoms with E-state index in [2.05, 4.69) is 20.6 Å². The number of carbonyl (C=O) groups excluding carboxylic acids is 1. The lowest BCUT2D eigenvalue weighted by Gasteiger charge is -2.09. The van der Waals surface area contributed by atoms with Gasteiger partial charge in [-0.15, -0.1) is 0 Å². The SMILES string of the molecule is Cc1ccc(Cl)cc1Nc1cnc(C(=O)Nc2cccc(C#N)c2)cn1. The van der Waals surface area contributed by atoms with E-state index in [-0.39, 0.29) is 5.69 Å². The topological polar surface area (TPSA) is 90.7 Å². The highest BCUT2D eigenvalue weighted by Gasteiger charge is 2.09. The molecule has 0 unspecified atom stereocenters. The van der Waals surface area contributed by atoms with Crippen LogP contribution in [0.2, 0.25) is 5.02 Å². The summed E-state index contributed by atoms with van der Waals surface area (Å²) in [4.78, 5) is 20.6. The van der Waals surface area contributed by atoms with Crippen LogP contribution in [0.4, 0.5) is 17.2 Å². The van der Waals surface area contributed by atoms with Crippen LogP contribution in [-0.2, 0) is 0 Å². The van der Waals surface area contributed by atoms with Crippen molar-refractivity contribution in [3.63, 3.8) is 0 Å². The smallest absolute Gasteiger partial charge is 0.275 e. The van der Waals surface area contributed by atoms with Crippen LogP contribution in [0.15, 0.2) is 54.9 Å². The number of halogens is 1. The van der Waals surface area contributed by atoms with Gasteiger partial charge in [0.2, 0.25) is 0 Å². The van der Waals surface area contributed by atoms with E-state index in [9.17, 15) is 4.79 Å². The zero-order valence-electron chi connectivity index (χ0n) is 13.8. The Bertz CT molecular complexity index is 996. The van der Waals surface area contributed by atoms with Gasteiger partial charge in [0.25, 0.3) is 5.91 Å². The van der Waals surface area contributed by atoms with E-state index in [1.807, 2.05) is 25.1 Å². The molecular formula is C19H14ClN5O. The lowest BCUT2D eigenvalue weighted by Crippen LogP contribution is -2.14. The zero-order valence-corrected chi connectivity index (χ0v) is 14.6. The maximum atomic E-state index is 12.2. The Balaban J connectivity index is 1.71. The Hall–Kier alpha value is -3.43. The number of aryl methyl sites for hydroxylation is 1. The summed E-state index contributed by atoms with van der Waals surface area (Å²) in [5, 5.41) is 15.3. The number of anilines is 3. The standard InChI is InChI=1S/C19H14ClN5O/c1-12-5-6-14(20)8-16(12)25-18-11-22-17(10-23-18)19(26)24-15-4-2-3-13(7-15)9-21/h2-8,10-11H,1H3,(H,23,25)(H,24,26). The van der Waals surface area contributed by atoms with E-state index in [4.69, 9.17) is 16.9 Å². The molecular weight excluding hydrogens is 350 g/mol. The molecule has 0 saturated heterocycles. The predicted molar refractivity (Wildman–Crippen MR) is 101 cm³/mol. The van der Waals surface area contributed by atoms with Gasteiger partial charge in [-0.25, -0.2) is 9.97 Å². The van der Waals surface area contributed by atoms with Gasteiger partial charge in [-0.05, 0) is 42.8 Å². The summed E-state index contributed by atoms with van der Waals surface area (Å²) >= 11 is 6.00. The second-order valence-electron chi connectivity index (χ2n) is 5.52. The van der Waals surface area contributed by atoms with E-state index in [0.29, 0.717) is 22.1 Å². The van der Waals surface area contributed by atoms with Crippen LogP contribution in [0.25, 0.3) is 0 Å². The minimum absolute atomic E-state index is 0.167. The van der Waals surface area contributed by atoms with Gasteiger partial charge in [0.1, 0.15) is 11.5 Å². The molecule has 1 heterocycles. The second kappa shape index (κ2) is 7.64. The summed E-state index contributed by atoms with van der Waals surface area (Å²) in [6.07, 6.45) is 2.85. The van der Waals surface area contributed by atoms with Crippen LogP contribution in [0.5, 0.6) is 0 Å². The van der Waals surface area contributed by atoms with E-state index in [1.54, 1.807) is 30.3 Å². The largest absolute Gasteiger partial charge is 0.339 e. The number of hydrogen-bond donors (Lipinski definition) is 2. The molecule has 6 nitrogen and oxygen atoms in total. The molecule has 128 valence electrons. The van der Waals surface area contributed by atoms with E-state index < -0.39 is 5.91 Å². The van der Waals surface area contributed by atoms with Gasteiger partial charge in [-0.2, -0.15) is 5.26 Å². The van der Waals surface area contributed by atoms with E-state index >= 15 is 0 Å². The van der Waals surface area contributed by atoms with Gasteiger partial charge in [0, 0.05) is 16.4 Å². The first-order chi connectivity index (χ1) is 12.5. The van der Waals surface area contributed by atoms with Crippen molar-refractivity contribution in [1.82, 2.24) is 9.97 Å². The van der Waals surface area contributed by atoms with E-state index in [1.165, 1.54) is 12.4 Å². The summed E-state index contributed by atoms with van der Waals surface area (Å²) in [6, 6.07) is 14.2. The summed E-state index contributed by atoms with van der Waals surface area (Å²) in [7, 11) is 0. The molecule has 26 heavy (non-hydrogen) atoms. The lowest BCUT2D eigenvalue weighted by atomic mass is 10.2. The molecule has 0 fully saturated rings. The molecule has 0 aliphatic carbocycles. The molecule has 0 aliphatic rings. The first kappa shape index (κ1) is 17.4. The summed E-state index contributed by atoms with van der Waals surface area (Å²) in [5.74, 6) is 0.0940. The molecule has 3 aromatic rings. The Labute approximate surface area is 155 Å². The molecule has 0 bridgehead atoms. The third-order valence-electron chi connectivity index (χ3n) is 3.60. The third-order valence-corrected chi connectivity index (χ3v) is 3.83. The van der Waals surface area contributed by atoms with Crippen LogP contribution in [-0.4, -0.2) is 15.9 Å². The van der Waals surface area contributed by atoms with Crippen LogP contribution in [0, 0.1) is 18.3 Å². The number of nitrogens with zero attached hydrogens (tertiary/aromatic N) is 3. The number of rotatable bonds is 4. The van der Waals surface area contributed by atoms with E-state index in [0.717, 1.165) is 11.3 Å². The number of nitriles is 1. The molecule has 2 aromatic carbocycles. The lowest BCUT2D eigenvalue weighted by molar-refractivity contribution is 0.102. The predicted octanol–water partition coefficient (Wildman–Crippen LogP) is 4.31. The molecule has 1 amide bonds. The van der Waals surface area contributed by atoms with Crippen molar-refractivity contribution in [2.45, 2.75) is 6.92 Å². The van der Waals surface area contributed by atoms with Crippen LogP contribution in [0.1, 0.15) is 21.6 Å². The van der Waals surface area contributed by atoms with Gasteiger partial charge in [-0.1, -0.05) is 23.7 Å². The quantitative estimate of drug-likeness (QED) is 0.720. The van der Waals surface area contributed by atoms with Crippen molar-refractivity contribution in [2.75, 3.05) is 10.6 Å². The first-order valence-electron chi connectivity index (χ1n) is 7.72. The van der Waals surface area contributed by atoms with Gasteiger partial charge in [-0.3, -0.25) is 4.79 Å². The Morgan fingerprint density at radius 2 is 2.00 bits per heavy atom. The normalized spacial score (nSPS) is 10.0. The minimum atomic E-state index is -0.405. The Morgan fingerprint density at radius 3 is 2.73 bits per heavy atom. The number of hydrogen-bond acceptors (Lipinski definition) is 5. The average Bonchev–Trinajstić information content (AvgIpc) is 2.65. The van der Waals surface area contributed by atoms with Crippen LogP contribution in [0.3, 0.4) is 0 Å². The van der Waals surface area contributed by atoms with Crippen molar-refractivity contribution in [1.29, 1.82) is 5.26 Å². The number of nitrogens with one attached hydrogen (secondary N) is 2. The number of amides is 1. The molecule has 7 heteroatoms. The van der Waals surface area contributed by atoms with Crippen molar-refractivity contribution in [2.24, 2.45) is 0 Å². The maximum absolute atomic E-state index is 12.2.